The second-order valence-electron chi connectivity index (χ2n) is 5.21. The fourth-order valence-electron chi connectivity index (χ4n) is 3.04. The van der Waals surface area contributed by atoms with E-state index in [4.69, 9.17) is 10.5 Å². The van der Waals surface area contributed by atoms with Gasteiger partial charge in [-0.15, -0.1) is 0 Å². The predicted molar refractivity (Wildman–Crippen MR) is 66.5 cm³/mol. The van der Waals surface area contributed by atoms with Gasteiger partial charge in [-0.3, -0.25) is 4.90 Å². The predicted octanol–water partition coefficient (Wildman–Crippen LogP) is 1.76. The van der Waals surface area contributed by atoms with E-state index in [1.165, 1.54) is 45.1 Å². The first-order valence-electron chi connectivity index (χ1n) is 6.96. The number of nitrogens with zero attached hydrogens (tertiary/aromatic N) is 1. The SMILES string of the molecule is NCCCN(CC1CCCO1)C1CCCC1. The molecule has 1 heterocycles. The van der Waals surface area contributed by atoms with Gasteiger partial charge in [0.2, 0.25) is 0 Å². The van der Waals surface area contributed by atoms with Crippen LogP contribution < -0.4 is 5.73 Å². The first-order chi connectivity index (χ1) is 7.90. The molecule has 2 N–H and O–H groups in total. The fraction of sp³-hybridized carbons (Fsp3) is 1.00. The lowest BCUT2D eigenvalue weighted by Gasteiger charge is -2.30. The molecule has 0 radical (unpaired) electrons. The molecule has 1 aliphatic carbocycles. The van der Waals surface area contributed by atoms with E-state index in [9.17, 15) is 0 Å². The molecule has 0 spiro atoms. The molecule has 0 aromatic carbocycles. The van der Waals surface area contributed by atoms with E-state index >= 15 is 0 Å². The largest absolute Gasteiger partial charge is 0.377 e. The molecule has 0 amide bonds. The Balaban J connectivity index is 1.80. The van der Waals surface area contributed by atoms with Crippen LogP contribution in [0.5, 0.6) is 0 Å². The summed E-state index contributed by atoms with van der Waals surface area (Å²) in [5.41, 5.74) is 5.63. The van der Waals surface area contributed by atoms with Crippen molar-refractivity contribution in [2.75, 3.05) is 26.2 Å². The van der Waals surface area contributed by atoms with Crippen LogP contribution in [0.1, 0.15) is 44.9 Å². The highest BCUT2D eigenvalue weighted by atomic mass is 16.5. The van der Waals surface area contributed by atoms with E-state index in [0.29, 0.717) is 6.10 Å². The summed E-state index contributed by atoms with van der Waals surface area (Å²) < 4.78 is 5.75. The van der Waals surface area contributed by atoms with Crippen LogP contribution in [0.15, 0.2) is 0 Å². The highest BCUT2D eigenvalue weighted by molar-refractivity contribution is 4.80. The molecule has 0 bridgehead atoms. The van der Waals surface area contributed by atoms with E-state index in [-0.39, 0.29) is 0 Å². The lowest BCUT2D eigenvalue weighted by Crippen LogP contribution is -2.40. The second kappa shape index (κ2) is 6.58. The number of hydrogen-bond donors (Lipinski definition) is 1. The molecule has 2 rings (SSSR count). The van der Waals surface area contributed by atoms with Gasteiger partial charge < -0.3 is 10.5 Å². The summed E-state index contributed by atoms with van der Waals surface area (Å²) in [6, 6.07) is 0.816. The van der Waals surface area contributed by atoms with Gasteiger partial charge in [-0.2, -0.15) is 0 Å². The summed E-state index contributed by atoms with van der Waals surface area (Å²) in [4.78, 5) is 2.65. The third kappa shape index (κ3) is 3.44. The highest BCUT2D eigenvalue weighted by Crippen LogP contribution is 2.25. The minimum Gasteiger partial charge on any atom is -0.377 e. The molecular formula is C13H26N2O. The number of nitrogens with two attached hydrogens (primary N) is 1. The monoisotopic (exact) mass is 226 g/mol. The zero-order chi connectivity index (χ0) is 11.2. The Morgan fingerprint density at radius 3 is 2.56 bits per heavy atom. The van der Waals surface area contributed by atoms with E-state index in [0.717, 1.165) is 32.2 Å². The molecular weight excluding hydrogens is 200 g/mol. The summed E-state index contributed by atoms with van der Waals surface area (Å²) in [5, 5.41) is 0. The minimum absolute atomic E-state index is 0.498. The second-order valence-corrected chi connectivity index (χ2v) is 5.21. The van der Waals surface area contributed by atoms with Gasteiger partial charge in [-0.1, -0.05) is 12.8 Å². The minimum atomic E-state index is 0.498. The molecule has 0 aromatic rings. The van der Waals surface area contributed by atoms with Gasteiger partial charge in [0.15, 0.2) is 0 Å². The van der Waals surface area contributed by atoms with Crippen LogP contribution in [0.25, 0.3) is 0 Å². The van der Waals surface area contributed by atoms with Crippen molar-refractivity contribution in [3.05, 3.63) is 0 Å². The number of hydrogen-bond acceptors (Lipinski definition) is 3. The van der Waals surface area contributed by atoms with Crippen LogP contribution >= 0.6 is 0 Å². The van der Waals surface area contributed by atoms with E-state index in [2.05, 4.69) is 4.90 Å². The third-order valence-electron chi connectivity index (χ3n) is 3.95. The van der Waals surface area contributed by atoms with Gasteiger partial charge in [0.25, 0.3) is 0 Å². The molecule has 1 atom stereocenters. The van der Waals surface area contributed by atoms with Crippen LogP contribution in [0, 0.1) is 0 Å². The van der Waals surface area contributed by atoms with E-state index < -0.39 is 0 Å². The Morgan fingerprint density at radius 1 is 1.12 bits per heavy atom. The van der Waals surface area contributed by atoms with E-state index in [1.807, 2.05) is 0 Å². The summed E-state index contributed by atoms with van der Waals surface area (Å²) >= 11 is 0. The van der Waals surface area contributed by atoms with E-state index in [1.54, 1.807) is 0 Å². The maximum atomic E-state index is 5.75. The maximum Gasteiger partial charge on any atom is 0.0702 e. The van der Waals surface area contributed by atoms with Crippen LogP contribution in [-0.4, -0.2) is 43.3 Å². The Morgan fingerprint density at radius 2 is 1.94 bits per heavy atom. The Labute approximate surface area is 99.3 Å². The quantitative estimate of drug-likeness (QED) is 0.750. The molecule has 2 aliphatic rings. The van der Waals surface area contributed by atoms with Gasteiger partial charge in [-0.25, -0.2) is 0 Å². The average molecular weight is 226 g/mol. The Hall–Kier alpha value is -0.120. The van der Waals surface area contributed by atoms with Crippen molar-refractivity contribution < 1.29 is 4.74 Å². The van der Waals surface area contributed by atoms with Gasteiger partial charge >= 0.3 is 0 Å². The van der Waals surface area contributed by atoms with Gasteiger partial charge in [0.05, 0.1) is 6.10 Å². The topological polar surface area (TPSA) is 38.5 Å². The van der Waals surface area contributed by atoms with Crippen molar-refractivity contribution in [2.24, 2.45) is 5.73 Å². The zero-order valence-corrected chi connectivity index (χ0v) is 10.4. The molecule has 3 nitrogen and oxygen atoms in total. The summed E-state index contributed by atoms with van der Waals surface area (Å²) in [6.07, 6.45) is 9.73. The maximum absolute atomic E-state index is 5.75. The number of rotatable bonds is 6. The lowest BCUT2D eigenvalue weighted by atomic mass is 10.1. The lowest BCUT2D eigenvalue weighted by molar-refractivity contribution is 0.0574. The van der Waals surface area contributed by atoms with Crippen molar-refractivity contribution >= 4 is 0 Å². The molecule has 16 heavy (non-hydrogen) atoms. The molecule has 2 fully saturated rings. The third-order valence-corrected chi connectivity index (χ3v) is 3.95. The molecule has 1 saturated heterocycles. The standard InChI is InChI=1S/C13H26N2O/c14-8-4-9-15(12-5-1-2-6-12)11-13-7-3-10-16-13/h12-13H,1-11,14H2. The van der Waals surface area contributed by atoms with Gasteiger partial charge in [-0.05, 0) is 45.2 Å². The summed E-state index contributed by atoms with van der Waals surface area (Å²) in [7, 11) is 0. The summed E-state index contributed by atoms with van der Waals surface area (Å²) in [5.74, 6) is 0. The van der Waals surface area contributed by atoms with Crippen LogP contribution in [-0.2, 0) is 4.74 Å². The van der Waals surface area contributed by atoms with Crippen molar-refractivity contribution in [2.45, 2.75) is 57.1 Å². The highest BCUT2D eigenvalue weighted by Gasteiger charge is 2.26. The van der Waals surface area contributed by atoms with Gasteiger partial charge in [0, 0.05) is 19.2 Å². The molecule has 1 unspecified atom stereocenters. The normalized spacial score (nSPS) is 27.0. The zero-order valence-electron chi connectivity index (χ0n) is 10.4. The van der Waals surface area contributed by atoms with Gasteiger partial charge in [0.1, 0.15) is 0 Å². The fourth-order valence-corrected chi connectivity index (χ4v) is 3.04. The van der Waals surface area contributed by atoms with Crippen molar-refractivity contribution in [1.29, 1.82) is 0 Å². The molecule has 1 aliphatic heterocycles. The first kappa shape index (κ1) is 12.3. The molecule has 0 aromatic heterocycles. The van der Waals surface area contributed by atoms with Crippen LogP contribution in [0.2, 0.25) is 0 Å². The van der Waals surface area contributed by atoms with Crippen LogP contribution in [0.3, 0.4) is 0 Å². The molecule has 3 heteroatoms. The smallest absolute Gasteiger partial charge is 0.0702 e. The Kier molecular flexibility index (Phi) is 5.07. The van der Waals surface area contributed by atoms with Crippen molar-refractivity contribution in [3.63, 3.8) is 0 Å². The Bertz CT molecular complexity index is 186. The van der Waals surface area contributed by atoms with Crippen LogP contribution in [0.4, 0.5) is 0 Å². The molecule has 1 saturated carbocycles. The van der Waals surface area contributed by atoms with Crippen molar-refractivity contribution in [3.8, 4) is 0 Å². The number of ether oxygens (including phenoxy) is 1. The summed E-state index contributed by atoms with van der Waals surface area (Å²) in [6.45, 7) is 4.10. The molecule has 94 valence electrons. The first-order valence-corrected chi connectivity index (χ1v) is 6.96. The van der Waals surface area contributed by atoms with Crippen molar-refractivity contribution in [1.82, 2.24) is 4.90 Å². The average Bonchev–Trinajstić information content (AvgIpc) is 2.96.